The van der Waals surface area contributed by atoms with Gasteiger partial charge in [-0.1, -0.05) is 13.8 Å². The highest BCUT2D eigenvalue weighted by Crippen LogP contribution is 2.15. The van der Waals surface area contributed by atoms with E-state index in [2.05, 4.69) is 28.4 Å². The summed E-state index contributed by atoms with van der Waals surface area (Å²) in [6.07, 6.45) is 5.13. The molecule has 0 aliphatic carbocycles. The first-order valence-corrected chi connectivity index (χ1v) is 5.67. The summed E-state index contributed by atoms with van der Waals surface area (Å²) in [6.45, 7) is 5.39. The Balaban J connectivity index is 2.53. The van der Waals surface area contributed by atoms with E-state index in [9.17, 15) is 0 Å². The molecule has 0 radical (unpaired) electrons. The molecule has 15 heavy (non-hydrogen) atoms. The maximum absolute atomic E-state index is 4.62. The van der Waals surface area contributed by atoms with Crippen LogP contribution in [0.1, 0.15) is 32.5 Å². The SMILES string of the molecule is CCCc1nc2cccnc2n1CCC. The third kappa shape index (κ3) is 1.87. The number of nitrogens with zero attached hydrogens (tertiary/aromatic N) is 3. The molecule has 0 fully saturated rings. The number of hydrogen-bond acceptors (Lipinski definition) is 2. The molecule has 0 bridgehead atoms. The third-order valence-electron chi connectivity index (χ3n) is 2.50. The Morgan fingerprint density at radius 2 is 2.13 bits per heavy atom. The summed E-state index contributed by atoms with van der Waals surface area (Å²) in [4.78, 5) is 9.02. The number of aromatic nitrogens is 3. The minimum absolute atomic E-state index is 1.02. The molecule has 0 aliphatic rings. The second-order valence-corrected chi connectivity index (χ2v) is 3.78. The van der Waals surface area contributed by atoms with Crippen LogP contribution >= 0.6 is 0 Å². The maximum Gasteiger partial charge on any atom is 0.159 e. The second-order valence-electron chi connectivity index (χ2n) is 3.78. The van der Waals surface area contributed by atoms with Gasteiger partial charge in [0.15, 0.2) is 5.65 Å². The molecule has 80 valence electrons. The van der Waals surface area contributed by atoms with Crippen molar-refractivity contribution in [3.05, 3.63) is 24.2 Å². The van der Waals surface area contributed by atoms with Crippen molar-refractivity contribution in [2.24, 2.45) is 0 Å². The summed E-state index contributed by atoms with van der Waals surface area (Å²) >= 11 is 0. The van der Waals surface area contributed by atoms with Crippen LogP contribution in [0.15, 0.2) is 18.3 Å². The molecule has 0 saturated heterocycles. The molecule has 3 nitrogen and oxygen atoms in total. The molecule has 0 amide bonds. The zero-order chi connectivity index (χ0) is 10.7. The van der Waals surface area contributed by atoms with E-state index >= 15 is 0 Å². The van der Waals surface area contributed by atoms with Crippen molar-refractivity contribution < 1.29 is 0 Å². The van der Waals surface area contributed by atoms with Crippen molar-refractivity contribution in [1.82, 2.24) is 14.5 Å². The van der Waals surface area contributed by atoms with Crippen LogP contribution < -0.4 is 0 Å². The fourth-order valence-corrected chi connectivity index (χ4v) is 1.88. The number of hydrogen-bond donors (Lipinski definition) is 0. The smallest absolute Gasteiger partial charge is 0.159 e. The number of imidazole rings is 1. The molecule has 0 aliphatic heterocycles. The molecule has 2 heterocycles. The topological polar surface area (TPSA) is 30.7 Å². The van der Waals surface area contributed by atoms with E-state index in [0.717, 1.165) is 37.0 Å². The molecule has 2 rings (SSSR count). The Kier molecular flexibility index (Phi) is 2.99. The summed E-state index contributed by atoms with van der Waals surface area (Å²) in [7, 11) is 0. The van der Waals surface area contributed by atoms with Gasteiger partial charge in [0.2, 0.25) is 0 Å². The predicted molar refractivity (Wildman–Crippen MR) is 61.8 cm³/mol. The van der Waals surface area contributed by atoms with Gasteiger partial charge in [0, 0.05) is 19.2 Å². The zero-order valence-electron chi connectivity index (χ0n) is 9.40. The first kappa shape index (κ1) is 10.1. The normalized spacial score (nSPS) is 11.1. The average molecular weight is 203 g/mol. The molecule has 0 N–H and O–H groups in total. The van der Waals surface area contributed by atoms with Gasteiger partial charge in [-0.05, 0) is 25.0 Å². The van der Waals surface area contributed by atoms with Gasteiger partial charge in [-0.15, -0.1) is 0 Å². The van der Waals surface area contributed by atoms with Gasteiger partial charge in [-0.2, -0.15) is 0 Å². The molecule has 0 atom stereocenters. The summed E-state index contributed by atoms with van der Waals surface area (Å²) in [5.74, 6) is 1.17. The molecule has 0 aromatic carbocycles. The molecular formula is C12H17N3. The Bertz CT molecular complexity index is 445. The molecule has 3 heteroatoms. The lowest BCUT2D eigenvalue weighted by Gasteiger charge is -2.05. The highest BCUT2D eigenvalue weighted by molar-refractivity contribution is 5.71. The van der Waals surface area contributed by atoms with Gasteiger partial charge in [0.25, 0.3) is 0 Å². The molecule has 0 saturated carbocycles. The van der Waals surface area contributed by atoms with Crippen LogP contribution in [0, 0.1) is 0 Å². The Labute approximate surface area is 90.2 Å². The fourth-order valence-electron chi connectivity index (χ4n) is 1.88. The van der Waals surface area contributed by atoms with Gasteiger partial charge < -0.3 is 4.57 Å². The van der Waals surface area contributed by atoms with Crippen molar-refractivity contribution >= 4 is 11.2 Å². The predicted octanol–water partition coefficient (Wildman–Crippen LogP) is 2.79. The largest absolute Gasteiger partial charge is 0.313 e. The number of fused-ring (bicyclic) bond motifs is 1. The van der Waals surface area contributed by atoms with Crippen molar-refractivity contribution in [2.75, 3.05) is 0 Å². The van der Waals surface area contributed by atoms with Crippen molar-refractivity contribution in [1.29, 1.82) is 0 Å². The average Bonchev–Trinajstić information content (AvgIpc) is 2.59. The third-order valence-corrected chi connectivity index (χ3v) is 2.50. The van der Waals surface area contributed by atoms with Crippen LogP contribution in [0.5, 0.6) is 0 Å². The molecule has 2 aromatic heterocycles. The molecule has 2 aromatic rings. The van der Waals surface area contributed by atoms with E-state index in [4.69, 9.17) is 0 Å². The number of aryl methyl sites for hydroxylation is 2. The summed E-state index contributed by atoms with van der Waals surface area (Å²) in [5.41, 5.74) is 2.05. The first-order valence-electron chi connectivity index (χ1n) is 5.67. The van der Waals surface area contributed by atoms with Crippen LogP contribution in [0.25, 0.3) is 11.2 Å². The standard InChI is InChI=1S/C12H17N3/c1-3-6-11-14-10-7-5-8-13-12(10)15(11)9-4-2/h5,7-8H,3-4,6,9H2,1-2H3. The van der Waals surface area contributed by atoms with Gasteiger partial charge in [-0.25, -0.2) is 9.97 Å². The van der Waals surface area contributed by atoms with E-state index in [0.29, 0.717) is 0 Å². The van der Waals surface area contributed by atoms with Crippen LogP contribution in [0.4, 0.5) is 0 Å². The van der Waals surface area contributed by atoms with Crippen molar-refractivity contribution in [2.45, 2.75) is 39.7 Å². The minimum atomic E-state index is 1.02. The highest BCUT2D eigenvalue weighted by Gasteiger charge is 2.09. The quantitative estimate of drug-likeness (QED) is 0.765. The summed E-state index contributed by atoms with van der Waals surface area (Å²) in [5, 5.41) is 0. The van der Waals surface area contributed by atoms with Crippen LogP contribution in [-0.2, 0) is 13.0 Å². The molecule has 0 unspecified atom stereocenters. The lowest BCUT2D eigenvalue weighted by Crippen LogP contribution is -2.03. The lowest BCUT2D eigenvalue weighted by molar-refractivity contribution is 0.642. The van der Waals surface area contributed by atoms with E-state index < -0.39 is 0 Å². The van der Waals surface area contributed by atoms with Gasteiger partial charge in [-0.3, -0.25) is 0 Å². The van der Waals surface area contributed by atoms with Crippen molar-refractivity contribution in [3.8, 4) is 0 Å². The maximum atomic E-state index is 4.62. The number of rotatable bonds is 4. The highest BCUT2D eigenvalue weighted by atomic mass is 15.1. The first-order chi connectivity index (χ1) is 7.36. The van der Waals surface area contributed by atoms with E-state index in [1.54, 1.807) is 0 Å². The van der Waals surface area contributed by atoms with E-state index in [1.807, 2.05) is 18.3 Å². The Morgan fingerprint density at radius 3 is 2.87 bits per heavy atom. The minimum Gasteiger partial charge on any atom is -0.313 e. The Morgan fingerprint density at radius 1 is 1.27 bits per heavy atom. The fraction of sp³-hybridized carbons (Fsp3) is 0.500. The monoisotopic (exact) mass is 203 g/mol. The summed E-state index contributed by atoms with van der Waals surface area (Å²) < 4.78 is 2.25. The second kappa shape index (κ2) is 4.43. The zero-order valence-corrected chi connectivity index (χ0v) is 9.40. The van der Waals surface area contributed by atoms with Crippen molar-refractivity contribution in [3.63, 3.8) is 0 Å². The van der Waals surface area contributed by atoms with E-state index in [-0.39, 0.29) is 0 Å². The van der Waals surface area contributed by atoms with Gasteiger partial charge >= 0.3 is 0 Å². The van der Waals surface area contributed by atoms with Crippen LogP contribution in [0.3, 0.4) is 0 Å². The van der Waals surface area contributed by atoms with Gasteiger partial charge in [0.1, 0.15) is 11.3 Å². The molecular weight excluding hydrogens is 186 g/mol. The molecule has 0 spiro atoms. The number of pyridine rings is 1. The van der Waals surface area contributed by atoms with Crippen LogP contribution in [0.2, 0.25) is 0 Å². The summed E-state index contributed by atoms with van der Waals surface area (Å²) in [6, 6.07) is 3.98. The van der Waals surface area contributed by atoms with Crippen LogP contribution in [-0.4, -0.2) is 14.5 Å². The van der Waals surface area contributed by atoms with E-state index in [1.165, 1.54) is 5.82 Å². The van der Waals surface area contributed by atoms with Gasteiger partial charge in [0.05, 0.1) is 0 Å². The Hall–Kier alpha value is -1.38. The lowest BCUT2D eigenvalue weighted by atomic mass is 10.3.